The van der Waals surface area contributed by atoms with Crippen molar-refractivity contribution < 1.29 is 0 Å². The van der Waals surface area contributed by atoms with E-state index in [1.807, 2.05) is 31.3 Å². The largest absolute Gasteiger partial charge is 0.363 e. The van der Waals surface area contributed by atoms with E-state index in [0.717, 1.165) is 18.3 Å². The molecule has 2 N–H and O–H groups in total. The highest BCUT2D eigenvalue weighted by molar-refractivity contribution is 5.79. The van der Waals surface area contributed by atoms with E-state index in [2.05, 4.69) is 64.8 Å². The molecule has 1 heterocycles. The van der Waals surface area contributed by atoms with E-state index in [1.54, 1.807) is 7.05 Å². The van der Waals surface area contributed by atoms with E-state index in [-0.39, 0.29) is 0 Å². The molecule has 0 amide bonds. The van der Waals surface area contributed by atoms with Crippen LogP contribution in [0.4, 0.5) is 5.82 Å². The van der Waals surface area contributed by atoms with Crippen LogP contribution in [0.5, 0.6) is 0 Å². The molecule has 0 saturated heterocycles. The second-order valence-corrected chi connectivity index (χ2v) is 6.54. The first-order chi connectivity index (χ1) is 12.0. The number of nitrogens with zero attached hydrogens (tertiary/aromatic N) is 3. The van der Waals surface area contributed by atoms with Crippen molar-refractivity contribution in [3.63, 3.8) is 0 Å². The fraction of sp³-hybridized carbons (Fsp3) is 0.400. The van der Waals surface area contributed by atoms with Gasteiger partial charge in [0.15, 0.2) is 5.96 Å². The third-order valence-electron chi connectivity index (χ3n) is 4.14. The van der Waals surface area contributed by atoms with Crippen molar-refractivity contribution in [1.29, 1.82) is 0 Å². The second kappa shape index (κ2) is 9.06. The smallest absolute Gasteiger partial charge is 0.191 e. The molecule has 1 aromatic carbocycles. The second-order valence-electron chi connectivity index (χ2n) is 6.54. The molecule has 1 aromatic heterocycles. The van der Waals surface area contributed by atoms with Crippen LogP contribution in [0.25, 0.3) is 0 Å². The summed E-state index contributed by atoms with van der Waals surface area (Å²) in [5.74, 6) is 2.18. The first-order valence-corrected chi connectivity index (χ1v) is 8.63. The summed E-state index contributed by atoms with van der Waals surface area (Å²) < 4.78 is 0. The highest BCUT2D eigenvalue weighted by atomic mass is 15.2. The van der Waals surface area contributed by atoms with E-state index in [0.29, 0.717) is 12.5 Å². The highest BCUT2D eigenvalue weighted by Crippen LogP contribution is 2.15. The maximum absolute atomic E-state index is 4.34. The molecule has 0 spiro atoms. The lowest BCUT2D eigenvalue weighted by molar-refractivity contribution is 0.698. The van der Waals surface area contributed by atoms with Gasteiger partial charge >= 0.3 is 0 Å². The molecular formula is C20H29N5. The van der Waals surface area contributed by atoms with Crippen LogP contribution in [-0.2, 0) is 6.54 Å². The summed E-state index contributed by atoms with van der Waals surface area (Å²) in [7, 11) is 5.78. The van der Waals surface area contributed by atoms with Gasteiger partial charge in [-0.05, 0) is 36.1 Å². The number of hydrogen-bond acceptors (Lipinski definition) is 3. The maximum atomic E-state index is 4.34. The number of pyridine rings is 1. The van der Waals surface area contributed by atoms with E-state index >= 15 is 0 Å². The molecule has 0 aliphatic rings. The van der Waals surface area contributed by atoms with Crippen molar-refractivity contribution in [2.45, 2.75) is 26.3 Å². The molecule has 134 valence electrons. The quantitative estimate of drug-likeness (QED) is 0.628. The van der Waals surface area contributed by atoms with Crippen molar-refractivity contribution >= 4 is 11.8 Å². The van der Waals surface area contributed by atoms with Crippen LogP contribution >= 0.6 is 0 Å². The molecule has 1 unspecified atom stereocenters. The Morgan fingerprint density at radius 2 is 2.00 bits per heavy atom. The number of nitrogens with one attached hydrogen (secondary N) is 2. The summed E-state index contributed by atoms with van der Waals surface area (Å²) in [5.41, 5.74) is 3.81. The molecule has 5 heteroatoms. The van der Waals surface area contributed by atoms with Gasteiger partial charge < -0.3 is 15.5 Å². The summed E-state index contributed by atoms with van der Waals surface area (Å²) in [6, 6.07) is 12.7. The van der Waals surface area contributed by atoms with Crippen molar-refractivity contribution in [2.24, 2.45) is 4.99 Å². The standard InChI is InChI=1S/C20H29N5/c1-15-7-6-8-18(11-15)16(2)13-23-20(21-3)24-14-17-9-10-22-19(12-17)25(4)5/h6-12,16H,13-14H2,1-5H3,(H2,21,23,24). The minimum absolute atomic E-state index is 0.416. The number of benzene rings is 1. The van der Waals surface area contributed by atoms with E-state index < -0.39 is 0 Å². The lowest BCUT2D eigenvalue weighted by atomic mass is 9.99. The highest BCUT2D eigenvalue weighted by Gasteiger charge is 2.07. The number of guanidine groups is 1. The first-order valence-electron chi connectivity index (χ1n) is 8.63. The van der Waals surface area contributed by atoms with Gasteiger partial charge in [0.1, 0.15) is 5.82 Å². The zero-order valence-corrected chi connectivity index (χ0v) is 15.9. The minimum Gasteiger partial charge on any atom is -0.363 e. The molecule has 0 saturated carbocycles. The maximum Gasteiger partial charge on any atom is 0.191 e. The van der Waals surface area contributed by atoms with Crippen LogP contribution in [0.2, 0.25) is 0 Å². The fourth-order valence-corrected chi connectivity index (χ4v) is 2.57. The summed E-state index contributed by atoms with van der Waals surface area (Å²) in [5, 5.41) is 6.77. The van der Waals surface area contributed by atoms with Crippen LogP contribution in [0, 0.1) is 6.92 Å². The van der Waals surface area contributed by atoms with Crippen molar-refractivity contribution in [1.82, 2.24) is 15.6 Å². The van der Waals surface area contributed by atoms with Gasteiger partial charge in [-0.2, -0.15) is 0 Å². The van der Waals surface area contributed by atoms with E-state index in [4.69, 9.17) is 0 Å². The van der Waals surface area contributed by atoms with Crippen LogP contribution in [0.3, 0.4) is 0 Å². The molecule has 0 fully saturated rings. The molecule has 0 aliphatic carbocycles. The Bertz CT molecular complexity index is 709. The van der Waals surface area contributed by atoms with Gasteiger partial charge in [-0.3, -0.25) is 4.99 Å². The Labute approximate surface area is 151 Å². The van der Waals surface area contributed by atoms with Crippen molar-refractivity contribution in [3.05, 3.63) is 59.3 Å². The van der Waals surface area contributed by atoms with Gasteiger partial charge in [-0.15, -0.1) is 0 Å². The third-order valence-corrected chi connectivity index (χ3v) is 4.14. The van der Waals surface area contributed by atoms with E-state index in [1.165, 1.54) is 16.7 Å². The number of anilines is 1. The molecule has 2 rings (SSSR count). The molecule has 0 radical (unpaired) electrons. The zero-order chi connectivity index (χ0) is 18.2. The Balaban J connectivity index is 1.87. The van der Waals surface area contributed by atoms with Crippen LogP contribution < -0.4 is 15.5 Å². The SMILES string of the molecule is CN=C(NCc1ccnc(N(C)C)c1)NCC(C)c1cccc(C)c1. The predicted molar refractivity (Wildman–Crippen MR) is 106 cm³/mol. The number of rotatable bonds is 6. The van der Waals surface area contributed by atoms with Crippen LogP contribution in [0.15, 0.2) is 47.6 Å². The minimum atomic E-state index is 0.416. The Morgan fingerprint density at radius 3 is 2.68 bits per heavy atom. The number of aliphatic imine (C=N–C) groups is 1. The topological polar surface area (TPSA) is 52.6 Å². The molecule has 5 nitrogen and oxygen atoms in total. The van der Waals surface area contributed by atoms with Gasteiger partial charge in [0, 0.05) is 40.4 Å². The van der Waals surface area contributed by atoms with Crippen LogP contribution in [0.1, 0.15) is 29.5 Å². The Hall–Kier alpha value is -2.56. The monoisotopic (exact) mass is 339 g/mol. The lowest BCUT2D eigenvalue weighted by Gasteiger charge is -2.17. The molecule has 25 heavy (non-hydrogen) atoms. The number of aryl methyl sites for hydroxylation is 1. The van der Waals surface area contributed by atoms with Crippen molar-refractivity contribution in [3.8, 4) is 0 Å². The van der Waals surface area contributed by atoms with Gasteiger partial charge in [-0.1, -0.05) is 36.8 Å². The summed E-state index contributed by atoms with van der Waals surface area (Å²) >= 11 is 0. The predicted octanol–water partition coefficient (Wildman–Crippen LogP) is 2.92. The molecule has 0 bridgehead atoms. The van der Waals surface area contributed by atoms with Gasteiger partial charge in [0.05, 0.1) is 0 Å². The number of aromatic nitrogens is 1. The average molecular weight is 339 g/mol. The Kier molecular flexibility index (Phi) is 6.81. The summed E-state index contributed by atoms with van der Waals surface area (Å²) in [6.07, 6.45) is 1.84. The fourth-order valence-electron chi connectivity index (χ4n) is 2.57. The zero-order valence-electron chi connectivity index (χ0n) is 15.9. The van der Waals surface area contributed by atoms with Gasteiger partial charge in [0.2, 0.25) is 0 Å². The van der Waals surface area contributed by atoms with Gasteiger partial charge in [-0.25, -0.2) is 4.98 Å². The normalized spacial score (nSPS) is 12.6. The third kappa shape index (κ3) is 5.78. The summed E-state index contributed by atoms with van der Waals surface area (Å²) in [4.78, 5) is 10.7. The first kappa shape index (κ1) is 18.8. The summed E-state index contributed by atoms with van der Waals surface area (Å²) in [6.45, 7) is 5.90. The molecule has 2 aromatic rings. The molecule has 1 atom stereocenters. The lowest BCUT2D eigenvalue weighted by Crippen LogP contribution is -2.38. The van der Waals surface area contributed by atoms with E-state index in [9.17, 15) is 0 Å². The Morgan fingerprint density at radius 1 is 1.20 bits per heavy atom. The van der Waals surface area contributed by atoms with Crippen molar-refractivity contribution in [2.75, 3.05) is 32.6 Å². The van der Waals surface area contributed by atoms with Crippen LogP contribution in [-0.4, -0.2) is 38.6 Å². The molecular weight excluding hydrogens is 310 g/mol. The average Bonchev–Trinajstić information content (AvgIpc) is 2.61. The van der Waals surface area contributed by atoms with Gasteiger partial charge in [0.25, 0.3) is 0 Å². The number of hydrogen-bond donors (Lipinski definition) is 2. The molecule has 0 aliphatic heterocycles.